The van der Waals surface area contributed by atoms with Crippen LogP contribution in [-0.2, 0) is 25.7 Å². The molecule has 0 heterocycles. The van der Waals surface area contributed by atoms with Gasteiger partial charge in [0, 0.05) is 39.8 Å². The number of hydrogen-bond donors (Lipinski definition) is 2. The van der Waals surface area contributed by atoms with Gasteiger partial charge in [-0.3, -0.25) is 0 Å². The number of phenolic OH excluding ortho intramolecular Hbond substituents is 2. The highest BCUT2D eigenvalue weighted by Crippen LogP contribution is 2.50. The lowest BCUT2D eigenvalue weighted by Gasteiger charge is -2.29. The minimum absolute atomic E-state index is 0. The van der Waals surface area contributed by atoms with Gasteiger partial charge in [0.25, 0.3) is 0 Å². The fourth-order valence-corrected chi connectivity index (χ4v) is 11.8. The van der Waals surface area contributed by atoms with Gasteiger partial charge in [-0.25, -0.2) is 0 Å². The number of fused-ring (bicyclic) bond motifs is 3. The summed E-state index contributed by atoms with van der Waals surface area (Å²) in [5.74, 6) is 3.24. The molecule has 2 atom stereocenters. The van der Waals surface area contributed by atoms with Crippen LogP contribution in [0.2, 0.25) is 0 Å². The Kier molecular flexibility index (Phi) is 15.7. The van der Waals surface area contributed by atoms with Crippen molar-refractivity contribution in [1.29, 1.82) is 0 Å². The van der Waals surface area contributed by atoms with Gasteiger partial charge in [-0.05, 0) is 252 Å². The highest BCUT2D eigenvalue weighted by molar-refractivity contribution is 5.92. The summed E-state index contributed by atoms with van der Waals surface area (Å²) in [6, 6.07) is 22.6. The number of aromatic hydroxyl groups is 2. The zero-order valence-electron chi connectivity index (χ0n) is 41.5. The summed E-state index contributed by atoms with van der Waals surface area (Å²) < 4.78 is 25.3. The van der Waals surface area contributed by atoms with Crippen molar-refractivity contribution in [3.63, 3.8) is 0 Å². The van der Waals surface area contributed by atoms with E-state index in [1.54, 1.807) is 14.2 Å². The second-order valence-electron chi connectivity index (χ2n) is 20.2. The molecule has 5 aromatic rings. The van der Waals surface area contributed by atoms with Crippen molar-refractivity contribution >= 4 is 5.57 Å². The Bertz CT molecular complexity index is 2730. The normalized spacial score (nSPS) is 18.8. The number of benzene rings is 5. The highest BCUT2D eigenvalue weighted by atomic mass is 16.5. The van der Waals surface area contributed by atoms with Gasteiger partial charge in [-0.2, -0.15) is 0 Å². The van der Waals surface area contributed by atoms with Gasteiger partial charge in [0.2, 0.25) is 0 Å². The third-order valence-electron chi connectivity index (χ3n) is 15.0. The van der Waals surface area contributed by atoms with Crippen LogP contribution >= 0.6 is 0 Å². The second-order valence-corrected chi connectivity index (χ2v) is 20.2. The Labute approximate surface area is 413 Å². The van der Waals surface area contributed by atoms with Crippen molar-refractivity contribution in [3.8, 4) is 67.9 Å². The van der Waals surface area contributed by atoms with E-state index < -0.39 is 0 Å². The molecule has 0 radical (unpaired) electrons. The molecule has 6 heteroatoms. The van der Waals surface area contributed by atoms with E-state index in [4.69, 9.17) is 18.9 Å². The summed E-state index contributed by atoms with van der Waals surface area (Å²) in [6.45, 7) is 13.0. The molecule has 1 fully saturated rings. The molecule has 1 saturated carbocycles. The average molecular weight is 929 g/mol. The molecule has 0 aliphatic heterocycles. The number of aryl methyl sites for hydroxylation is 4. The van der Waals surface area contributed by atoms with Crippen molar-refractivity contribution in [1.82, 2.24) is 0 Å². The van der Waals surface area contributed by atoms with E-state index in [1.807, 2.05) is 36.4 Å². The van der Waals surface area contributed by atoms with Gasteiger partial charge >= 0.3 is 0 Å². The van der Waals surface area contributed by atoms with E-state index in [-0.39, 0.29) is 31.1 Å². The molecule has 69 heavy (non-hydrogen) atoms. The van der Waals surface area contributed by atoms with Crippen LogP contribution < -0.4 is 18.9 Å². The molecule has 2 N–H and O–H groups in total. The van der Waals surface area contributed by atoms with Crippen LogP contribution in [0.25, 0.3) is 39.0 Å². The smallest absolute Gasteiger partial charge is 0.131 e. The van der Waals surface area contributed by atoms with Crippen molar-refractivity contribution in [2.24, 2.45) is 0 Å². The van der Waals surface area contributed by atoms with E-state index in [1.165, 1.54) is 83.9 Å². The first kappa shape index (κ1) is 49.5. The van der Waals surface area contributed by atoms with Gasteiger partial charge in [0.15, 0.2) is 0 Å². The molecule has 4 aliphatic carbocycles. The maximum Gasteiger partial charge on any atom is 0.131 e. The summed E-state index contributed by atoms with van der Waals surface area (Å²) in [7, 11) is 3.35. The van der Waals surface area contributed by atoms with Gasteiger partial charge in [0.05, 0.1) is 26.4 Å². The first-order chi connectivity index (χ1) is 33.0. The Morgan fingerprint density at radius 3 is 1.61 bits per heavy atom. The molecule has 0 spiro atoms. The lowest BCUT2D eigenvalue weighted by Crippen LogP contribution is -2.23. The van der Waals surface area contributed by atoms with E-state index in [0.717, 1.165) is 114 Å². The van der Waals surface area contributed by atoms with Crippen LogP contribution in [0.15, 0.2) is 96.1 Å². The number of methoxy groups -OCH3 is 2. The van der Waals surface area contributed by atoms with Gasteiger partial charge in [-0.15, -0.1) is 0 Å². The molecule has 5 aromatic carbocycles. The van der Waals surface area contributed by atoms with Gasteiger partial charge < -0.3 is 29.2 Å². The predicted octanol–water partition coefficient (Wildman–Crippen LogP) is 16.5. The van der Waals surface area contributed by atoms with Crippen LogP contribution in [0.4, 0.5) is 0 Å². The van der Waals surface area contributed by atoms with E-state index in [2.05, 4.69) is 70.7 Å². The first-order valence-electron chi connectivity index (χ1n) is 25.7. The average Bonchev–Trinajstić information content (AvgIpc) is 3.34. The molecule has 0 aromatic heterocycles. The van der Waals surface area contributed by atoms with Gasteiger partial charge in [-0.1, -0.05) is 32.6 Å². The zero-order chi connectivity index (χ0) is 47.5. The number of rotatable bonds is 12. The van der Waals surface area contributed by atoms with E-state index in [0.29, 0.717) is 35.0 Å². The molecule has 0 bridgehead atoms. The van der Waals surface area contributed by atoms with Crippen LogP contribution in [0, 0.1) is 13.8 Å². The summed E-state index contributed by atoms with van der Waals surface area (Å²) >= 11 is 0. The highest BCUT2D eigenvalue weighted by Gasteiger charge is 2.29. The van der Waals surface area contributed by atoms with Gasteiger partial charge in [0.1, 0.15) is 34.5 Å². The topological polar surface area (TPSA) is 77.4 Å². The van der Waals surface area contributed by atoms with E-state index in [9.17, 15) is 10.2 Å². The zero-order valence-corrected chi connectivity index (χ0v) is 41.5. The fourth-order valence-electron chi connectivity index (χ4n) is 11.8. The van der Waals surface area contributed by atoms with Crippen LogP contribution in [0.1, 0.15) is 150 Å². The third-order valence-corrected chi connectivity index (χ3v) is 15.0. The second kappa shape index (κ2) is 21.8. The third kappa shape index (κ3) is 10.5. The summed E-state index contributed by atoms with van der Waals surface area (Å²) in [4.78, 5) is 0. The quantitative estimate of drug-likeness (QED) is 0.130. The molecule has 9 rings (SSSR count). The Balaban J connectivity index is 0.00000642. The van der Waals surface area contributed by atoms with Crippen molar-refractivity contribution < 1.29 is 29.2 Å². The molecule has 4 aliphatic rings. The lowest BCUT2D eigenvalue weighted by atomic mass is 9.76. The van der Waals surface area contributed by atoms with Crippen molar-refractivity contribution in [3.05, 3.63) is 135 Å². The number of ether oxygens (including phenoxy) is 4. The minimum atomic E-state index is -0.266. The maximum atomic E-state index is 12.5. The van der Waals surface area contributed by atoms with Crippen LogP contribution in [-0.4, -0.2) is 36.6 Å². The number of phenols is 2. The minimum Gasteiger partial charge on any atom is -0.507 e. The molecular weight excluding hydrogens is 853 g/mol. The monoisotopic (exact) mass is 929 g/mol. The first-order valence-corrected chi connectivity index (χ1v) is 25.7. The Morgan fingerprint density at radius 2 is 1.03 bits per heavy atom. The molecule has 0 amide bonds. The molecule has 364 valence electrons. The predicted molar refractivity (Wildman–Crippen MR) is 286 cm³/mol. The molecule has 6 nitrogen and oxygen atoms in total. The summed E-state index contributed by atoms with van der Waals surface area (Å²) in [5.41, 5.74) is 19.0. The molecule has 1 unspecified atom stereocenters. The van der Waals surface area contributed by atoms with Crippen molar-refractivity contribution in [2.75, 3.05) is 14.2 Å². The maximum absolute atomic E-state index is 12.5. The fraction of sp³-hybridized carbons (Fsp3) is 0.429. The van der Waals surface area contributed by atoms with Crippen molar-refractivity contribution in [2.45, 2.75) is 163 Å². The lowest BCUT2D eigenvalue weighted by molar-refractivity contribution is 0.131. The standard InChI is InChI=1S/C62H72O6.CH4/c1-38-30-53(61(63)55(32-38)59-40(3)18-10-8-9-11-19-43-20-12-15-23-48(43)59)51-36-46(65-6)26-28-57(51)67-41(4)34-42(5)68-58-29-27-47(66-7)37-52(58)54-31-39(2)33-56(62(54)64)60-49-24-16-13-21-44(49)35-45-22-14-17-25-50(45)60;/h19,26-33,35-37,41-42,63-64H,3,8-18,20-25,34H2,1-2,4-7H3;1H4/b43-19-,59-48+;/t41?,42-;/m0./s1. The summed E-state index contributed by atoms with van der Waals surface area (Å²) in [6.07, 6.45) is 21.5. The SMILES string of the molecule is C.C=C1CCCCC/C=C2/CCCC/C2=C/1c1cc(C)cc(-c2cc(OC)ccc2OC(C)C[C@H](C)Oc2ccc(OC)cc2-c2cc(C)cc(-c3c4c(cc5c3CCCC5)CCCC4)c2O)c1O. The molecular formula is C63H76O6. The van der Waals surface area contributed by atoms with E-state index >= 15 is 0 Å². The van der Waals surface area contributed by atoms with Crippen LogP contribution in [0.3, 0.4) is 0 Å². The molecule has 0 saturated heterocycles. The Morgan fingerprint density at radius 1 is 0.536 bits per heavy atom. The largest absolute Gasteiger partial charge is 0.507 e. The number of allylic oxidation sites excluding steroid dienone is 5. The Hall–Kier alpha value is -5.88. The van der Waals surface area contributed by atoms with Crippen LogP contribution in [0.5, 0.6) is 34.5 Å². The number of hydrogen-bond acceptors (Lipinski definition) is 6. The summed E-state index contributed by atoms with van der Waals surface area (Å²) in [5, 5.41) is 25.0.